The van der Waals surface area contributed by atoms with Crippen LogP contribution in [0.4, 0.5) is 5.69 Å². The molecule has 4 aromatic rings. The third-order valence-electron chi connectivity index (χ3n) is 4.50. The fourth-order valence-electron chi connectivity index (χ4n) is 2.93. The van der Waals surface area contributed by atoms with Gasteiger partial charge in [-0.25, -0.2) is 0 Å². The lowest BCUT2D eigenvalue weighted by molar-refractivity contribution is 0.0992. The number of nitrogens with one attached hydrogen (secondary N) is 1. The van der Waals surface area contributed by atoms with Crippen molar-refractivity contribution in [2.75, 3.05) is 5.32 Å². The van der Waals surface area contributed by atoms with Gasteiger partial charge in [0.15, 0.2) is 5.76 Å². The minimum atomic E-state index is -0.333. The number of ether oxygens (including phenoxy) is 1. The van der Waals surface area contributed by atoms with Crippen molar-refractivity contribution in [3.8, 4) is 5.75 Å². The van der Waals surface area contributed by atoms with Crippen LogP contribution in [-0.4, -0.2) is 15.7 Å². The number of amides is 1. The molecule has 30 heavy (non-hydrogen) atoms. The van der Waals surface area contributed by atoms with Crippen LogP contribution in [0, 0.1) is 6.92 Å². The summed E-state index contributed by atoms with van der Waals surface area (Å²) in [4.78, 5) is 12.5. The maximum atomic E-state index is 12.5. The number of aromatic nitrogens is 2. The number of halogens is 1. The van der Waals surface area contributed by atoms with Crippen LogP contribution in [0.2, 0.25) is 0 Å². The van der Waals surface area contributed by atoms with Crippen LogP contribution < -0.4 is 10.1 Å². The number of hydrogen-bond acceptors (Lipinski definition) is 4. The number of para-hydroxylation sites is 1. The van der Waals surface area contributed by atoms with Crippen molar-refractivity contribution in [2.24, 2.45) is 0 Å². The number of hydrogen-bond donors (Lipinski definition) is 1. The molecule has 6 nitrogen and oxygen atoms in total. The highest BCUT2D eigenvalue weighted by molar-refractivity contribution is 9.10. The monoisotopic (exact) mass is 465 g/mol. The van der Waals surface area contributed by atoms with Crippen LogP contribution >= 0.6 is 15.9 Å². The van der Waals surface area contributed by atoms with Crippen molar-refractivity contribution in [3.63, 3.8) is 0 Å². The summed E-state index contributed by atoms with van der Waals surface area (Å²) in [5.74, 6) is 1.26. The molecule has 0 aliphatic rings. The second-order valence-electron chi connectivity index (χ2n) is 6.83. The van der Waals surface area contributed by atoms with Crippen LogP contribution in [0.15, 0.2) is 81.9 Å². The fraction of sp³-hybridized carbons (Fsp3) is 0.130. The second kappa shape index (κ2) is 9.00. The number of furan rings is 1. The topological polar surface area (TPSA) is 69.3 Å². The Hall–Kier alpha value is -3.32. The Balaban J connectivity index is 1.34. The summed E-state index contributed by atoms with van der Waals surface area (Å²) < 4.78 is 14.2. The Bertz CT molecular complexity index is 1150. The maximum Gasteiger partial charge on any atom is 0.291 e. The van der Waals surface area contributed by atoms with E-state index < -0.39 is 0 Å². The molecule has 0 spiro atoms. The first-order valence-electron chi connectivity index (χ1n) is 9.42. The van der Waals surface area contributed by atoms with Crippen LogP contribution in [0.5, 0.6) is 5.75 Å². The quantitative estimate of drug-likeness (QED) is 0.395. The summed E-state index contributed by atoms with van der Waals surface area (Å²) in [5, 5.41) is 7.10. The van der Waals surface area contributed by atoms with Crippen molar-refractivity contribution >= 4 is 27.5 Å². The van der Waals surface area contributed by atoms with Crippen LogP contribution in [-0.2, 0) is 13.2 Å². The van der Waals surface area contributed by atoms with E-state index in [4.69, 9.17) is 9.15 Å². The molecular weight excluding hydrogens is 446 g/mol. The fourth-order valence-corrected chi connectivity index (χ4v) is 3.19. The highest BCUT2D eigenvalue weighted by atomic mass is 79.9. The van der Waals surface area contributed by atoms with Crippen LogP contribution in [0.3, 0.4) is 0 Å². The summed E-state index contributed by atoms with van der Waals surface area (Å²) in [7, 11) is 0. The minimum Gasteiger partial charge on any atom is -0.485 e. The highest BCUT2D eigenvalue weighted by Crippen LogP contribution is 2.19. The van der Waals surface area contributed by atoms with E-state index in [1.807, 2.05) is 55.5 Å². The van der Waals surface area contributed by atoms with Crippen LogP contribution in [0.1, 0.15) is 27.4 Å². The van der Waals surface area contributed by atoms with Crippen LogP contribution in [0.25, 0.3) is 0 Å². The van der Waals surface area contributed by atoms with E-state index in [9.17, 15) is 4.79 Å². The molecule has 0 saturated heterocycles. The van der Waals surface area contributed by atoms with Gasteiger partial charge in [0.1, 0.15) is 18.1 Å². The molecule has 7 heteroatoms. The van der Waals surface area contributed by atoms with Gasteiger partial charge in [0.2, 0.25) is 0 Å². The first-order chi connectivity index (χ1) is 14.6. The minimum absolute atomic E-state index is 0.221. The Morgan fingerprint density at radius 3 is 2.73 bits per heavy atom. The Morgan fingerprint density at radius 2 is 1.93 bits per heavy atom. The molecule has 0 radical (unpaired) electrons. The molecule has 0 unspecified atom stereocenters. The van der Waals surface area contributed by atoms with Gasteiger partial charge in [-0.2, -0.15) is 5.10 Å². The zero-order valence-electron chi connectivity index (χ0n) is 16.3. The van der Waals surface area contributed by atoms with Gasteiger partial charge in [-0.05, 0) is 48.4 Å². The lowest BCUT2D eigenvalue weighted by Crippen LogP contribution is -2.10. The molecule has 2 heterocycles. The van der Waals surface area contributed by atoms with E-state index >= 15 is 0 Å². The number of benzene rings is 2. The van der Waals surface area contributed by atoms with E-state index in [-0.39, 0.29) is 18.3 Å². The van der Waals surface area contributed by atoms with Gasteiger partial charge in [-0.15, -0.1) is 0 Å². The van der Waals surface area contributed by atoms with E-state index in [1.165, 1.54) is 0 Å². The van der Waals surface area contributed by atoms with E-state index in [0.717, 1.165) is 21.3 Å². The van der Waals surface area contributed by atoms with Crippen molar-refractivity contribution in [1.82, 2.24) is 9.78 Å². The number of carbonyl (C=O) groups is 1. The molecule has 0 fully saturated rings. The van der Waals surface area contributed by atoms with Gasteiger partial charge >= 0.3 is 0 Å². The molecule has 0 saturated carbocycles. The average molecular weight is 466 g/mol. The Morgan fingerprint density at radius 1 is 1.13 bits per heavy atom. The molecule has 2 aromatic carbocycles. The van der Waals surface area contributed by atoms with Gasteiger partial charge in [0, 0.05) is 10.7 Å². The van der Waals surface area contributed by atoms with E-state index in [1.54, 1.807) is 29.2 Å². The number of rotatable bonds is 7. The standard InChI is InChI=1S/C23H20BrN3O3/c1-16-4-2-3-5-21(16)29-15-20-10-11-22(30-20)23(28)26-19-12-25-27(14-19)13-17-6-8-18(24)9-7-17/h2-12,14H,13,15H2,1H3,(H,26,28). The molecule has 0 atom stereocenters. The normalized spacial score (nSPS) is 10.7. The molecule has 1 N–H and O–H groups in total. The van der Waals surface area contributed by atoms with Crippen molar-refractivity contribution in [1.29, 1.82) is 0 Å². The molecule has 0 aliphatic carbocycles. The molecule has 4 rings (SSSR count). The zero-order valence-corrected chi connectivity index (χ0v) is 17.9. The van der Waals surface area contributed by atoms with Gasteiger partial charge in [-0.3, -0.25) is 9.48 Å². The maximum absolute atomic E-state index is 12.5. The molecular formula is C23H20BrN3O3. The summed E-state index contributed by atoms with van der Waals surface area (Å²) in [6.45, 7) is 2.85. The van der Waals surface area contributed by atoms with Gasteiger partial charge in [0.05, 0.1) is 18.4 Å². The SMILES string of the molecule is Cc1ccccc1OCc1ccc(C(=O)Nc2cnn(Cc3ccc(Br)cc3)c2)o1. The highest BCUT2D eigenvalue weighted by Gasteiger charge is 2.13. The Labute approximate surface area is 182 Å². The molecule has 0 bridgehead atoms. The first-order valence-corrected chi connectivity index (χ1v) is 10.2. The van der Waals surface area contributed by atoms with Gasteiger partial charge in [-0.1, -0.05) is 46.3 Å². The molecule has 0 aliphatic heterocycles. The van der Waals surface area contributed by atoms with E-state index in [0.29, 0.717) is 18.0 Å². The lowest BCUT2D eigenvalue weighted by atomic mass is 10.2. The largest absolute Gasteiger partial charge is 0.485 e. The number of anilines is 1. The predicted molar refractivity (Wildman–Crippen MR) is 118 cm³/mol. The summed E-state index contributed by atoms with van der Waals surface area (Å²) in [6.07, 6.45) is 3.40. The molecule has 1 amide bonds. The Kier molecular flexibility index (Phi) is 5.99. The summed E-state index contributed by atoms with van der Waals surface area (Å²) in [5.41, 5.74) is 2.76. The van der Waals surface area contributed by atoms with Gasteiger partial charge < -0.3 is 14.5 Å². The number of carbonyl (C=O) groups excluding carboxylic acids is 1. The molecule has 2 aromatic heterocycles. The second-order valence-corrected chi connectivity index (χ2v) is 7.74. The van der Waals surface area contributed by atoms with Crippen molar-refractivity contribution in [3.05, 3.63) is 100 Å². The number of aryl methyl sites for hydroxylation is 1. The zero-order chi connectivity index (χ0) is 20.9. The predicted octanol–water partition coefficient (Wildman–Crippen LogP) is 5.43. The summed E-state index contributed by atoms with van der Waals surface area (Å²) >= 11 is 3.42. The third kappa shape index (κ3) is 4.99. The average Bonchev–Trinajstić information content (AvgIpc) is 3.39. The smallest absolute Gasteiger partial charge is 0.291 e. The number of nitrogens with zero attached hydrogens (tertiary/aromatic N) is 2. The first kappa shape index (κ1) is 20.0. The van der Waals surface area contributed by atoms with Gasteiger partial charge in [0.25, 0.3) is 5.91 Å². The third-order valence-corrected chi connectivity index (χ3v) is 5.03. The lowest BCUT2D eigenvalue weighted by Gasteiger charge is -2.06. The molecule has 152 valence electrons. The van der Waals surface area contributed by atoms with E-state index in [2.05, 4.69) is 26.3 Å². The summed E-state index contributed by atoms with van der Waals surface area (Å²) in [6, 6.07) is 19.1. The van der Waals surface area contributed by atoms with Crippen molar-refractivity contribution in [2.45, 2.75) is 20.1 Å². The van der Waals surface area contributed by atoms with Crippen molar-refractivity contribution < 1.29 is 13.9 Å².